The summed E-state index contributed by atoms with van der Waals surface area (Å²) in [6.07, 6.45) is 10.9. The van der Waals surface area contributed by atoms with E-state index in [4.69, 9.17) is 0 Å². The van der Waals surface area contributed by atoms with Crippen LogP contribution in [0.4, 0.5) is 5.69 Å². The Labute approximate surface area is 212 Å². The van der Waals surface area contributed by atoms with Crippen LogP contribution in [0, 0.1) is 5.92 Å². The summed E-state index contributed by atoms with van der Waals surface area (Å²) in [5.74, 6) is 0.244. The average Bonchev–Trinajstić information content (AvgIpc) is 3.52. The quantitative estimate of drug-likeness (QED) is 0.280. The Morgan fingerprint density at radius 1 is 0.892 bits per heavy atom. The molecule has 6 heterocycles. The third kappa shape index (κ3) is 4.42. The molecule has 6 aromatic rings. The Hall–Kier alpha value is -4.92. The Morgan fingerprint density at radius 3 is 2.59 bits per heavy atom. The van der Waals surface area contributed by atoms with Crippen LogP contribution in [0.3, 0.4) is 0 Å². The number of amides is 1. The molecule has 6 rings (SSSR count). The van der Waals surface area contributed by atoms with Crippen LogP contribution in [0.2, 0.25) is 0 Å². The van der Waals surface area contributed by atoms with Gasteiger partial charge < -0.3 is 10.3 Å². The number of aromatic nitrogens is 7. The number of fused-ring (bicyclic) bond motifs is 2. The number of rotatable bonds is 6. The summed E-state index contributed by atoms with van der Waals surface area (Å²) < 4.78 is 0. The monoisotopic (exact) mass is 488 g/mol. The zero-order chi connectivity index (χ0) is 25.4. The van der Waals surface area contributed by atoms with Crippen LogP contribution in [0.25, 0.3) is 55.7 Å². The highest BCUT2D eigenvalue weighted by Crippen LogP contribution is 2.33. The lowest BCUT2D eigenvalue weighted by atomic mass is 10.1. The van der Waals surface area contributed by atoms with Gasteiger partial charge in [-0.1, -0.05) is 13.8 Å². The van der Waals surface area contributed by atoms with E-state index in [9.17, 15) is 4.79 Å². The van der Waals surface area contributed by atoms with Gasteiger partial charge in [0, 0.05) is 58.6 Å². The minimum Gasteiger partial charge on any atom is -0.353 e. The minimum absolute atomic E-state index is 0.0339. The summed E-state index contributed by atoms with van der Waals surface area (Å²) in [6, 6.07) is 11.8. The first-order valence-corrected chi connectivity index (χ1v) is 12.0. The molecule has 9 nitrogen and oxygen atoms in total. The van der Waals surface area contributed by atoms with Gasteiger partial charge in [0.05, 0.1) is 40.7 Å². The summed E-state index contributed by atoms with van der Waals surface area (Å²) in [4.78, 5) is 33.4. The van der Waals surface area contributed by atoms with Crippen molar-refractivity contribution in [2.24, 2.45) is 5.92 Å². The third-order valence-corrected chi connectivity index (χ3v) is 6.10. The molecular formula is C28H24N8O. The second-order valence-electron chi connectivity index (χ2n) is 9.34. The van der Waals surface area contributed by atoms with Gasteiger partial charge in [-0.15, -0.1) is 0 Å². The van der Waals surface area contributed by atoms with Gasteiger partial charge in [0.2, 0.25) is 5.91 Å². The van der Waals surface area contributed by atoms with Crippen LogP contribution in [0.1, 0.15) is 20.3 Å². The van der Waals surface area contributed by atoms with Crippen molar-refractivity contribution in [2.75, 3.05) is 5.32 Å². The van der Waals surface area contributed by atoms with Crippen molar-refractivity contribution in [2.45, 2.75) is 20.3 Å². The summed E-state index contributed by atoms with van der Waals surface area (Å²) in [5, 5.41) is 12.5. The lowest BCUT2D eigenvalue weighted by Crippen LogP contribution is -2.13. The predicted molar refractivity (Wildman–Crippen MR) is 144 cm³/mol. The highest BCUT2D eigenvalue weighted by atomic mass is 16.1. The summed E-state index contributed by atoms with van der Waals surface area (Å²) in [6.45, 7) is 4.03. The lowest BCUT2D eigenvalue weighted by Gasteiger charge is -2.08. The summed E-state index contributed by atoms with van der Waals surface area (Å²) in [5.41, 5.74) is 7.41. The molecule has 37 heavy (non-hydrogen) atoms. The molecule has 0 fully saturated rings. The van der Waals surface area contributed by atoms with E-state index in [0.29, 0.717) is 12.1 Å². The highest BCUT2D eigenvalue weighted by molar-refractivity contribution is 6.00. The molecule has 0 saturated carbocycles. The van der Waals surface area contributed by atoms with Crippen molar-refractivity contribution in [3.8, 4) is 33.9 Å². The van der Waals surface area contributed by atoms with Crippen LogP contribution in [0.15, 0.2) is 73.6 Å². The van der Waals surface area contributed by atoms with E-state index in [-0.39, 0.29) is 11.8 Å². The third-order valence-electron chi connectivity index (χ3n) is 6.10. The molecule has 0 aliphatic carbocycles. The van der Waals surface area contributed by atoms with Crippen LogP contribution >= 0.6 is 0 Å². The maximum atomic E-state index is 12.2. The molecule has 0 aliphatic rings. The molecule has 1 amide bonds. The zero-order valence-corrected chi connectivity index (χ0v) is 20.4. The second kappa shape index (κ2) is 9.27. The van der Waals surface area contributed by atoms with E-state index in [2.05, 4.69) is 46.5 Å². The molecular weight excluding hydrogens is 464 g/mol. The molecule has 0 unspecified atom stereocenters. The SMILES string of the molecule is CC(C)CC(=O)Nc1cncc(-c2cc3c(-c4cc5c(-c6cccnc6)nccc5[nH]4)n[nH]c3cn2)c1. The van der Waals surface area contributed by atoms with E-state index in [1.165, 1.54) is 0 Å². The van der Waals surface area contributed by atoms with Crippen molar-refractivity contribution >= 4 is 33.4 Å². The molecule has 3 N–H and O–H groups in total. The Kier molecular flexibility index (Phi) is 5.65. The Balaban J connectivity index is 1.38. The number of nitrogens with one attached hydrogen (secondary N) is 3. The molecule has 9 heteroatoms. The van der Waals surface area contributed by atoms with Crippen molar-refractivity contribution in [3.63, 3.8) is 0 Å². The van der Waals surface area contributed by atoms with Crippen LogP contribution in [-0.4, -0.2) is 41.0 Å². The summed E-state index contributed by atoms with van der Waals surface area (Å²) >= 11 is 0. The Bertz CT molecular complexity index is 1740. The normalized spacial score (nSPS) is 11.4. The van der Waals surface area contributed by atoms with Gasteiger partial charge >= 0.3 is 0 Å². The first kappa shape index (κ1) is 22.5. The van der Waals surface area contributed by atoms with Gasteiger partial charge in [-0.05, 0) is 42.3 Å². The lowest BCUT2D eigenvalue weighted by molar-refractivity contribution is -0.116. The molecule has 6 aromatic heterocycles. The number of carbonyl (C=O) groups excluding carboxylic acids is 1. The van der Waals surface area contributed by atoms with E-state index in [1.807, 2.05) is 50.4 Å². The first-order chi connectivity index (χ1) is 18.0. The van der Waals surface area contributed by atoms with Gasteiger partial charge in [0.25, 0.3) is 0 Å². The number of anilines is 1. The number of H-pyrrole nitrogens is 2. The number of carbonyl (C=O) groups is 1. The topological polar surface area (TPSA) is 125 Å². The van der Waals surface area contributed by atoms with E-state index in [0.717, 1.165) is 55.7 Å². The smallest absolute Gasteiger partial charge is 0.224 e. The predicted octanol–water partition coefficient (Wildman–Crippen LogP) is 5.61. The standard InChI is InChI=1S/C28H24N8O/c1-16(2)8-26(37)33-19-9-18(13-30-14-19)23-10-21-25(15-32-23)35-36-28(21)24-11-20-22(34-24)5-7-31-27(20)17-4-3-6-29-12-17/h3-7,9-16,34H,8H2,1-2H3,(H,33,37)(H,35,36). The molecule has 0 aliphatic heterocycles. The molecule has 0 atom stereocenters. The first-order valence-electron chi connectivity index (χ1n) is 12.0. The molecule has 182 valence electrons. The number of pyridine rings is 4. The largest absolute Gasteiger partial charge is 0.353 e. The van der Waals surface area contributed by atoms with Crippen LogP contribution in [-0.2, 0) is 4.79 Å². The number of nitrogens with zero attached hydrogens (tertiary/aromatic N) is 5. The second-order valence-corrected chi connectivity index (χ2v) is 9.34. The zero-order valence-electron chi connectivity index (χ0n) is 20.4. The van der Waals surface area contributed by atoms with Crippen LogP contribution in [0.5, 0.6) is 0 Å². The van der Waals surface area contributed by atoms with E-state index < -0.39 is 0 Å². The number of hydrogen-bond donors (Lipinski definition) is 3. The molecule has 0 saturated heterocycles. The van der Waals surface area contributed by atoms with Crippen molar-refractivity contribution < 1.29 is 4.79 Å². The molecule has 0 aromatic carbocycles. The molecule has 0 radical (unpaired) electrons. The van der Waals surface area contributed by atoms with Gasteiger partial charge in [-0.25, -0.2) is 0 Å². The van der Waals surface area contributed by atoms with Gasteiger partial charge in [-0.2, -0.15) is 5.10 Å². The van der Waals surface area contributed by atoms with Crippen molar-refractivity contribution in [1.29, 1.82) is 0 Å². The van der Waals surface area contributed by atoms with Crippen LogP contribution < -0.4 is 5.32 Å². The summed E-state index contributed by atoms with van der Waals surface area (Å²) in [7, 11) is 0. The van der Waals surface area contributed by atoms with Gasteiger partial charge in [0.1, 0.15) is 5.69 Å². The van der Waals surface area contributed by atoms with Crippen molar-refractivity contribution in [3.05, 3.63) is 73.6 Å². The maximum absolute atomic E-state index is 12.2. The van der Waals surface area contributed by atoms with Crippen molar-refractivity contribution in [1.82, 2.24) is 35.1 Å². The van der Waals surface area contributed by atoms with E-state index in [1.54, 1.807) is 31.0 Å². The number of aromatic amines is 2. The fraction of sp³-hybridized carbons (Fsp3) is 0.143. The maximum Gasteiger partial charge on any atom is 0.224 e. The minimum atomic E-state index is -0.0339. The fourth-order valence-corrected chi connectivity index (χ4v) is 4.43. The number of hydrogen-bond acceptors (Lipinski definition) is 6. The average molecular weight is 489 g/mol. The molecule has 0 bridgehead atoms. The van der Waals surface area contributed by atoms with E-state index >= 15 is 0 Å². The highest BCUT2D eigenvalue weighted by Gasteiger charge is 2.16. The van der Waals surface area contributed by atoms with Gasteiger partial charge in [0.15, 0.2) is 0 Å². The van der Waals surface area contributed by atoms with Gasteiger partial charge in [-0.3, -0.25) is 29.8 Å². The Morgan fingerprint density at radius 2 is 1.76 bits per heavy atom. The fourth-order valence-electron chi connectivity index (χ4n) is 4.43. The molecule has 0 spiro atoms.